The summed E-state index contributed by atoms with van der Waals surface area (Å²) in [5.41, 5.74) is 5.61. The third-order valence-electron chi connectivity index (χ3n) is 5.86. The van der Waals surface area contributed by atoms with E-state index in [-0.39, 0.29) is 6.09 Å². The molecular formula is C25H34N6O2. The zero-order chi connectivity index (χ0) is 23.2. The van der Waals surface area contributed by atoms with Crippen LogP contribution in [0.15, 0.2) is 48.8 Å². The number of aromatic nitrogens is 2. The van der Waals surface area contributed by atoms with Crippen LogP contribution >= 0.6 is 0 Å². The monoisotopic (exact) mass is 450 g/mol. The highest BCUT2D eigenvalue weighted by atomic mass is 16.6. The highest BCUT2D eigenvalue weighted by molar-refractivity contribution is 5.80. The maximum Gasteiger partial charge on any atom is 0.409 e. The van der Waals surface area contributed by atoms with Crippen molar-refractivity contribution in [3.8, 4) is 11.1 Å². The van der Waals surface area contributed by atoms with E-state index in [2.05, 4.69) is 77.1 Å². The van der Waals surface area contributed by atoms with Crippen LogP contribution < -0.4 is 15.5 Å². The van der Waals surface area contributed by atoms with Gasteiger partial charge in [0.1, 0.15) is 0 Å². The van der Waals surface area contributed by atoms with Crippen molar-refractivity contribution >= 4 is 23.0 Å². The van der Waals surface area contributed by atoms with Crippen molar-refractivity contribution in [2.75, 3.05) is 56.1 Å². The summed E-state index contributed by atoms with van der Waals surface area (Å²) < 4.78 is 7.07. The molecule has 8 nitrogen and oxygen atoms in total. The first-order chi connectivity index (χ1) is 16.0. The fraction of sp³-hybridized carbons (Fsp3) is 0.440. The average Bonchev–Trinajstić information content (AvgIpc) is 3.27. The van der Waals surface area contributed by atoms with Gasteiger partial charge in [-0.1, -0.05) is 26.0 Å². The standard InChI is InChI=1S/C25H34N6O2/c1-4-33-25(32)30-15-13-29(14-16-30)23-9-10-28-31-18-21(17-24(23)31)20-5-7-22(8-6-20)27-12-11-26-19(2)3/h5-10,17-19,26-27H,4,11-16H2,1-3H3. The summed E-state index contributed by atoms with van der Waals surface area (Å²) in [5, 5.41) is 11.4. The highest BCUT2D eigenvalue weighted by Crippen LogP contribution is 2.29. The average molecular weight is 451 g/mol. The number of nitrogens with zero attached hydrogens (tertiary/aromatic N) is 4. The molecule has 2 aromatic heterocycles. The molecule has 176 valence electrons. The predicted octanol–water partition coefficient (Wildman–Crippen LogP) is 3.69. The Kier molecular flexibility index (Phi) is 7.34. The van der Waals surface area contributed by atoms with Gasteiger partial charge in [0.25, 0.3) is 0 Å². The van der Waals surface area contributed by atoms with Crippen molar-refractivity contribution in [1.82, 2.24) is 19.8 Å². The molecule has 1 amide bonds. The van der Waals surface area contributed by atoms with Crippen molar-refractivity contribution in [3.05, 3.63) is 48.8 Å². The summed E-state index contributed by atoms with van der Waals surface area (Å²) in [6, 6.07) is 13.3. The largest absolute Gasteiger partial charge is 0.450 e. The van der Waals surface area contributed by atoms with Gasteiger partial charge < -0.3 is 25.2 Å². The molecule has 0 saturated carbocycles. The molecule has 1 aliphatic rings. The number of piperazine rings is 1. The van der Waals surface area contributed by atoms with Crippen LogP contribution in [0.2, 0.25) is 0 Å². The van der Waals surface area contributed by atoms with E-state index in [0.29, 0.717) is 25.7 Å². The molecular weight excluding hydrogens is 416 g/mol. The first-order valence-electron chi connectivity index (χ1n) is 11.8. The van der Waals surface area contributed by atoms with Gasteiger partial charge in [-0.25, -0.2) is 9.31 Å². The number of ether oxygens (including phenoxy) is 1. The van der Waals surface area contributed by atoms with Gasteiger partial charge in [0.05, 0.1) is 17.8 Å². The molecule has 3 heterocycles. The summed E-state index contributed by atoms with van der Waals surface area (Å²) in [6.45, 7) is 11.2. The third kappa shape index (κ3) is 5.57. The van der Waals surface area contributed by atoms with Gasteiger partial charge >= 0.3 is 6.09 Å². The lowest BCUT2D eigenvalue weighted by Gasteiger charge is -2.35. The van der Waals surface area contributed by atoms with Gasteiger partial charge in [0.15, 0.2) is 0 Å². The maximum absolute atomic E-state index is 12.0. The van der Waals surface area contributed by atoms with Crippen LogP contribution in [0.5, 0.6) is 0 Å². The molecule has 0 spiro atoms. The number of hydrogen-bond acceptors (Lipinski definition) is 6. The molecule has 1 fully saturated rings. The van der Waals surface area contributed by atoms with Crippen LogP contribution in [-0.2, 0) is 4.74 Å². The number of hydrogen-bond donors (Lipinski definition) is 2. The number of nitrogens with one attached hydrogen (secondary N) is 2. The summed E-state index contributed by atoms with van der Waals surface area (Å²) in [4.78, 5) is 16.1. The van der Waals surface area contributed by atoms with Gasteiger partial charge in [-0.3, -0.25) is 0 Å². The minimum absolute atomic E-state index is 0.226. The van der Waals surface area contributed by atoms with E-state index >= 15 is 0 Å². The van der Waals surface area contributed by atoms with E-state index in [1.807, 2.05) is 17.6 Å². The summed E-state index contributed by atoms with van der Waals surface area (Å²) >= 11 is 0. The normalized spacial score (nSPS) is 14.2. The van der Waals surface area contributed by atoms with E-state index in [1.54, 1.807) is 4.90 Å². The topological polar surface area (TPSA) is 74.1 Å². The van der Waals surface area contributed by atoms with Gasteiger partial charge in [0.2, 0.25) is 0 Å². The Hall–Kier alpha value is -3.26. The van der Waals surface area contributed by atoms with Crippen LogP contribution in [0.4, 0.5) is 16.2 Å². The molecule has 33 heavy (non-hydrogen) atoms. The Labute approximate surface area is 195 Å². The third-order valence-corrected chi connectivity index (χ3v) is 5.86. The molecule has 0 unspecified atom stereocenters. The quantitative estimate of drug-likeness (QED) is 0.510. The molecule has 0 bridgehead atoms. The number of carbonyl (C=O) groups is 1. The first-order valence-corrected chi connectivity index (χ1v) is 11.8. The van der Waals surface area contributed by atoms with Crippen LogP contribution in [0.3, 0.4) is 0 Å². The summed E-state index contributed by atoms with van der Waals surface area (Å²) in [7, 11) is 0. The second kappa shape index (κ2) is 10.6. The van der Waals surface area contributed by atoms with Gasteiger partial charge in [-0.15, -0.1) is 0 Å². The highest BCUT2D eigenvalue weighted by Gasteiger charge is 2.23. The Morgan fingerprint density at radius 2 is 1.82 bits per heavy atom. The van der Waals surface area contributed by atoms with Crippen molar-refractivity contribution in [2.24, 2.45) is 0 Å². The summed E-state index contributed by atoms with van der Waals surface area (Å²) in [5.74, 6) is 0. The predicted molar refractivity (Wildman–Crippen MR) is 133 cm³/mol. The SMILES string of the molecule is CCOC(=O)N1CCN(c2ccnn3cc(-c4ccc(NCCNC(C)C)cc4)cc23)CC1. The molecule has 1 aromatic carbocycles. The number of amides is 1. The Bertz CT molecular complexity index is 1050. The van der Waals surface area contributed by atoms with Crippen molar-refractivity contribution in [3.63, 3.8) is 0 Å². The molecule has 3 aromatic rings. The number of benzene rings is 1. The molecule has 0 atom stereocenters. The van der Waals surface area contributed by atoms with Crippen molar-refractivity contribution < 1.29 is 9.53 Å². The minimum atomic E-state index is -0.226. The lowest BCUT2D eigenvalue weighted by atomic mass is 10.1. The number of carbonyl (C=O) groups excluding carboxylic acids is 1. The smallest absolute Gasteiger partial charge is 0.409 e. The Balaban J connectivity index is 1.44. The lowest BCUT2D eigenvalue weighted by Crippen LogP contribution is -2.49. The second-order valence-corrected chi connectivity index (χ2v) is 8.56. The molecule has 0 radical (unpaired) electrons. The zero-order valence-corrected chi connectivity index (χ0v) is 19.8. The number of rotatable bonds is 8. The first kappa shape index (κ1) is 22.9. The number of anilines is 2. The van der Waals surface area contributed by atoms with Crippen LogP contribution in [0.1, 0.15) is 20.8 Å². The molecule has 8 heteroatoms. The molecule has 1 saturated heterocycles. The lowest BCUT2D eigenvalue weighted by molar-refractivity contribution is 0.105. The molecule has 2 N–H and O–H groups in total. The van der Waals surface area contributed by atoms with E-state index in [9.17, 15) is 4.79 Å². The molecule has 1 aliphatic heterocycles. The fourth-order valence-electron chi connectivity index (χ4n) is 4.12. The van der Waals surface area contributed by atoms with Gasteiger partial charge in [-0.05, 0) is 36.8 Å². The number of fused-ring (bicyclic) bond motifs is 1. The van der Waals surface area contributed by atoms with Gasteiger partial charge in [0, 0.05) is 69.0 Å². The Morgan fingerprint density at radius 3 is 2.52 bits per heavy atom. The van der Waals surface area contributed by atoms with E-state index in [0.717, 1.165) is 54.2 Å². The Morgan fingerprint density at radius 1 is 1.06 bits per heavy atom. The van der Waals surface area contributed by atoms with Crippen LogP contribution in [-0.4, -0.2) is 72.5 Å². The molecule has 4 rings (SSSR count). The second-order valence-electron chi connectivity index (χ2n) is 8.56. The van der Waals surface area contributed by atoms with Crippen LogP contribution in [0.25, 0.3) is 16.6 Å². The van der Waals surface area contributed by atoms with E-state index in [1.165, 1.54) is 0 Å². The minimum Gasteiger partial charge on any atom is -0.450 e. The van der Waals surface area contributed by atoms with Gasteiger partial charge in [-0.2, -0.15) is 5.10 Å². The maximum atomic E-state index is 12.0. The van der Waals surface area contributed by atoms with E-state index < -0.39 is 0 Å². The van der Waals surface area contributed by atoms with E-state index in [4.69, 9.17) is 4.74 Å². The van der Waals surface area contributed by atoms with Crippen molar-refractivity contribution in [1.29, 1.82) is 0 Å². The van der Waals surface area contributed by atoms with Crippen LogP contribution in [0, 0.1) is 0 Å². The molecule has 0 aliphatic carbocycles. The van der Waals surface area contributed by atoms with Crippen molar-refractivity contribution in [2.45, 2.75) is 26.8 Å². The summed E-state index contributed by atoms with van der Waals surface area (Å²) in [6.07, 6.45) is 3.68. The fourth-order valence-corrected chi connectivity index (χ4v) is 4.12. The zero-order valence-electron chi connectivity index (χ0n) is 19.8.